The second-order valence-electron chi connectivity index (χ2n) is 3.94. The first kappa shape index (κ1) is 8.41. The lowest BCUT2D eigenvalue weighted by atomic mass is 10.2. The Balaban J connectivity index is 2.68. The minimum absolute atomic E-state index is 0.807. The van der Waals surface area contributed by atoms with E-state index in [4.69, 9.17) is 5.73 Å². The zero-order chi connectivity index (χ0) is 10.6. The van der Waals surface area contributed by atoms with E-state index in [1.165, 1.54) is 21.9 Å². The van der Waals surface area contributed by atoms with Crippen LogP contribution in [-0.4, -0.2) is 9.13 Å². The molecule has 3 aromatic rings. The first-order chi connectivity index (χ1) is 7.20. The highest BCUT2D eigenvalue weighted by molar-refractivity contribution is 6.07. The molecule has 1 aromatic carbocycles. The molecule has 3 heteroatoms. The molecule has 2 aromatic heterocycles. The summed E-state index contributed by atoms with van der Waals surface area (Å²) in [7, 11) is 4.08. The summed E-state index contributed by atoms with van der Waals surface area (Å²) in [5.74, 6) is 0.807. The summed E-state index contributed by atoms with van der Waals surface area (Å²) in [4.78, 5) is 0. The Hall–Kier alpha value is -1.90. The largest absolute Gasteiger partial charge is 0.385 e. The molecule has 3 rings (SSSR count). The number of nitrogen functional groups attached to an aromatic ring is 1. The summed E-state index contributed by atoms with van der Waals surface area (Å²) in [6, 6.07) is 10.4. The lowest BCUT2D eigenvalue weighted by Gasteiger charge is -1.98. The third-order valence-electron chi connectivity index (χ3n) is 3.13. The molecule has 0 aliphatic heterocycles. The Morgan fingerprint density at radius 2 is 1.73 bits per heavy atom. The van der Waals surface area contributed by atoms with Gasteiger partial charge in [0.25, 0.3) is 0 Å². The van der Waals surface area contributed by atoms with Crippen LogP contribution in [-0.2, 0) is 14.1 Å². The SMILES string of the molecule is Cn1c(N)cc2c1c1ccccc1n2C. The van der Waals surface area contributed by atoms with Crippen LogP contribution in [0.3, 0.4) is 0 Å². The number of anilines is 1. The lowest BCUT2D eigenvalue weighted by molar-refractivity contribution is 0.985. The maximum absolute atomic E-state index is 5.91. The monoisotopic (exact) mass is 199 g/mol. The standard InChI is InChI=1S/C12H13N3/c1-14-9-6-4-3-5-8(9)12-10(14)7-11(13)15(12)2/h3-7H,13H2,1-2H3. The summed E-state index contributed by atoms with van der Waals surface area (Å²) >= 11 is 0. The molecule has 76 valence electrons. The van der Waals surface area contributed by atoms with E-state index in [9.17, 15) is 0 Å². The molecule has 0 saturated carbocycles. The molecule has 0 unspecified atom stereocenters. The van der Waals surface area contributed by atoms with Gasteiger partial charge in [0.2, 0.25) is 0 Å². The van der Waals surface area contributed by atoms with Crippen molar-refractivity contribution in [2.24, 2.45) is 14.1 Å². The molecule has 0 aliphatic rings. The molecule has 2 heterocycles. The van der Waals surface area contributed by atoms with Crippen LogP contribution in [0.2, 0.25) is 0 Å². The number of aromatic nitrogens is 2. The Morgan fingerprint density at radius 3 is 2.53 bits per heavy atom. The van der Waals surface area contributed by atoms with Gasteiger partial charge in [-0.15, -0.1) is 0 Å². The number of rotatable bonds is 0. The maximum atomic E-state index is 5.91. The van der Waals surface area contributed by atoms with Crippen molar-refractivity contribution in [2.45, 2.75) is 0 Å². The van der Waals surface area contributed by atoms with E-state index in [-0.39, 0.29) is 0 Å². The molecule has 0 spiro atoms. The van der Waals surface area contributed by atoms with Crippen LogP contribution in [0.5, 0.6) is 0 Å². The van der Waals surface area contributed by atoms with E-state index in [2.05, 4.69) is 35.9 Å². The number of nitrogens with two attached hydrogens (primary N) is 1. The molecule has 0 radical (unpaired) electrons. The summed E-state index contributed by atoms with van der Waals surface area (Å²) in [6.07, 6.45) is 0. The fourth-order valence-electron chi connectivity index (χ4n) is 2.28. The van der Waals surface area contributed by atoms with Crippen molar-refractivity contribution >= 4 is 27.8 Å². The molecule has 0 aliphatic carbocycles. The molecule has 0 fully saturated rings. The molecule has 0 saturated heterocycles. The Labute approximate surface area is 87.7 Å². The van der Waals surface area contributed by atoms with Gasteiger partial charge in [-0.2, -0.15) is 0 Å². The van der Waals surface area contributed by atoms with E-state index in [1.54, 1.807) is 0 Å². The Morgan fingerprint density at radius 1 is 1.00 bits per heavy atom. The summed E-state index contributed by atoms with van der Waals surface area (Å²) in [5.41, 5.74) is 9.56. The maximum Gasteiger partial charge on any atom is 0.105 e. The van der Waals surface area contributed by atoms with Crippen molar-refractivity contribution in [1.82, 2.24) is 9.13 Å². The van der Waals surface area contributed by atoms with Crippen LogP contribution in [0, 0.1) is 0 Å². The zero-order valence-corrected chi connectivity index (χ0v) is 8.86. The fourth-order valence-corrected chi connectivity index (χ4v) is 2.28. The number of hydrogen-bond donors (Lipinski definition) is 1. The number of fused-ring (bicyclic) bond motifs is 3. The predicted octanol–water partition coefficient (Wildman–Crippen LogP) is 2.25. The van der Waals surface area contributed by atoms with Crippen molar-refractivity contribution in [3.63, 3.8) is 0 Å². The van der Waals surface area contributed by atoms with Crippen molar-refractivity contribution in [2.75, 3.05) is 5.73 Å². The summed E-state index contributed by atoms with van der Waals surface area (Å²) < 4.78 is 4.22. The second kappa shape index (κ2) is 2.57. The van der Waals surface area contributed by atoms with E-state index in [0.717, 1.165) is 5.82 Å². The normalized spacial score (nSPS) is 11.6. The van der Waals surface area contributed by atoms with Gasteiger partial charge in [0.05, 0.1) is 16.6 Å². The van der Waals surface area contributed by atoms with Crippen molar-refractivity contribution in [1.29, 1.82) is 0 Å². The molecule has 0 amide bonds. The van der Waals surface area contributed by atoms with E-state index in [0.29, 0.717) is 0 Å². The lowest BCUT2D eigenvalue weighted by Crippen LogP contribution is -1.94. The minimum atomic E-state index is 0.807. The first-order valence-electron chi connectivity index (χ1n) is 4.98. The average molecular weight is 199 g/mol. The van der Waals surface area contributed by atoms with Crippen molar-refractivity contribution in [3.05, 3.63) is 30.3 Å². The third-order valence-corrected chi connectivity index (χ3v) is 3.13. The van der Waals surface area contributed by atoms with Gasteiger partial charge in [0.1, 0.15) is 5.82 Å². The van der Waals surface area contributed by atoms with Gasteiger partial charge < -0.3 is 14.9 Å². The van der Waals surface area contributed by atoms with Crippen LogP contribution in [0.25, 0.3) is 21.9 Å². The number of aryl methyl sites for hydroxylation is 2. The number of benzene rings is 1. The highest BCUT2D eigenvalue weighted by atomic mass is 15.1. The molecule has 3 nitrogen and oxygen atoms in total. The average Bonchev–Trinajstić information content (AvgIpc) is 2.68. The Kier molecular flexibility index (Phi) is 1.44. The van der Waals surface area contributed by atoms with E-state index < -0.39 is 0 Å². The van der Waals surface area contributed by atoms with Gasteiger partial charge in [0, 0.05) is 25.5 Å². The topological polar surface area (TPSA) is 35.9 Å². The van der Waals surface area contributed by atoms with Crippen LogP contribution < -0.4 is 5.73 Å². The highest BCUT2D eigenvalue weighted by Crippen LogP contribution is 2.30. The van der Waals surface area contributed by atoms with Crippen molar-refractivity contribution in [3.8, 4) is 0 Å². The van der Waals surface area contributed by atoms with Crippen LogP contribution in [0.1, 0.15) is 0 Å². The number of para-hydroxylation sites is 1. The fraction of sp³-hybridized carbons (Fsp3) is 0.167. The molecule has 0 atom stereocenters. The van der Waals surface area contributed by atoms with Crippen molar-refractivity contribution < 1.29 is 0 Å². The minimum Gasteiger partial charge on any atom is -0.385 e. The van der Waals surface area contributed by atoms with Crippen LogP contribution in [0.4, 0.5) is 5.82 Å². The smallest absolute Gasteiger partial charge is 0.105 e. The quantitative estimate of drug-likeness (QED) is 0.592. The van der Waals surface area contributed by atoms with E-state index >= 15 is 0 Å². The third kappa shape index (κ3) is 0.897. The van der Waals surface area contributed by atoms with Gasteiger partial charge in [-0.1, -0.05) is 18.2 Å². The van der Waals surface area contributed by atoms with Crippen LogP contribution >= 0.6 is 0 Å². The van der Waals surface area contributed by atoms with E-state index in [1.807, 2.05) is 17.7 Å². The molecular formula is C12H13N3. The van der Waals surface area contributed by atoms with Gasteiger partial charge in [0.15, 0.2) is 0 Å². The molecule has 0 bridgehead atoms. The van der Waals surface area contributed by atoms with Gasteiger partial charge in [-0.25, -0.2) is 0 Å². The second-order valence-corrected chi connectivity index (χ2v) is 3.94. The molecule has 2 N–H and O–H groups in total. The van der Waals surface area contributed by atoms with Gasteiger partial charge >= 0.3 is 0 Å². The van der Waals surface area contributed by atoms with Gasteiger partial charge in [-0.3, -0.25) is 0 Å². The first-order valence-corrected chi connectivity index (χ1v) is 4.98. The van der Waals surface area contributed by atoms with Gasteiger partial charge in [-0.05, 0) is 6.07 Å². The predicted molar refractivity (Wildman–Crippen MR) is 63.8 cm³/mol. The zero-order valence-electron chi connectivity index (χ0n) is 8.86. The summed E-state index contributed by atoms with van der Waals surface area (Å²) in [6.45, 7) is 0. The Bertz CT molecular complexity index is 658. The van der Waals surface area contributed by atoms with Crippen LogP contribution in [0.15, 0.2) is 30.3 Å². The summed E-state index contributed by atoms with van der Waals surface area (Å²) in [5, 5.41) is 1.26. The number of nitrogens with zero attached hydrogens (tertiary/aromatic N) is 2. The number of hydrogen-bond acceptors (Lipinski definition) is 1. The molecular weight excluding hydrogens is 186 g/mol. The molecule has 15 heavy (non-hydrogen) atoms. The highest BCUT2D eigenvalue weighted by Gasteiger charge is 2.12.